The molecule has 0 aliphatic rings. The monoisotopic (exact) mass is 540 g/mol. The Hall–Kier alpha value is -0.160. The van der Waals surface area contributed by atoms with Crippen molar-refractivity contribution in [3.8, 4) is 0 Å². The van der Waals surface area contributed by atoms with Crippen molar-refractivity contribution >= 4 is 62.3 Å². The van der Waals surface area contributed by atoms with Gasteiger partial charge < -0.3 is 10.6 Å². The van der Waals surface area contributed by atoms with Gasteiger partial charge in [-0.15, -0.1) is 0 Å². The Kier molecular flexibility index (Phi) is 15.3. The van der Waals surface area contributed by atoms with Crippen molar-refractivity contribution in [3.63, 3.8) is 0 Å². The Morgan fingerprint density at radius 1 is 0.867 bits per heavy atom. The van der Waals surface area contributed by atoms with E-state index in [4.69, 9.17) is 34.8 Å². The van der Waals surface area contributed by atoms with Gasteiger partial charge in [0.2, 0.25) is 9.70 Å². The van der Waals surface area contributed by atoms with Crippen LogP contribution in [-0.4, -0.2) is 15.9 Å². The summed E-state index contributed by atoms with van der Waals surface area (Å²) in [4.78, 5) is 12.3. The van der Waals surface area contributed by atoms with E-state index < -0.39 is 9.96 Å². The largest absolute Gasteiger partial charge is 0.362 e. The molecule has 0 spiro atoms. The third-order valence-electron chi connectivity index (χ3n) is 5.05. The summed E-state index contributed by atoms with van der Waals surface area (Å²) in [5, 5.41) is 5.88. The highest BCUT2D eigenvalue weighted by molar-refractivity contribution is 9.10. The van der Waals surface area contributed by atoms with E-state index in [2.05, 4.69) is 33.5 Å². The second-order valence-electron chi connectivity index (χ2n) is 7.83. The molecule has 0 aliphatic heterocycles. The number of benzene rings is 1. The first-order valence-corrected chi connectivity index (χ1v) is 13.1. The fourth-order valence-corrected chi connectivity index (χ4v) is 3.86. The molecule has 0 radical (unpaired) electrons. The van der Waals surface area contributed by atoms with E-state index >= 15 is 0 Å². The maximum atomic E-state index is 12.3. The summed E-state index contributed by atoms with van der Waals surface area (Å²) in [5.74, 6) is -0.108. The lowest BCUT2D eigenvalue weighted by Gasteiger charge is -2.27. The molecule has 1 aromatic rings. The first kappa shape index (κ1) is 27.9. The molecule has 1 amide bonds. The molecule has 0 bridgehead atoms. The van der Waals surface area contributed by atoms with E-state index in [9.17, 15) is 4.79 Å². The van der Waals surface area contributed by atoms with Crippen molar-refractivity contribution in [2.75, 3.05) is 5.32 Å². The number of unbranched alkanes of at least 4 members (excludes halogenated alkanes) is 11. The lowest BCUT2D eigenvalue weighted by molar-refractivity contribution is -0.121. The highest BCUT2D eigenvalue weighted by atomic mass is 79.9. The molecule has 0 heterocycles. The van der Waals surface area contributed by atoms with E-state index in [1.165, 1.54) is 64.2 Å². The summed E-state index contributed by atoms with van der Waals surface area (Å²) in [5.41, 5.74) is 0.764. The Balaban J connectivity index is 2.15. The predicted octanol–water partition coefficient (Wildman–Crippen LogP) is 8.76. The van der Waals surface area contributed by atoms with Gasteiger partial charge in [-0.2, -0.15) is 0 Å². The summed E-state index contributed by atoms with van der Waals surface area (Å²) < 4.78 is -0.700. The minimum absolute atomic E-state index is 0.108. The van der Waals surface area contributed by atoms with Crippen molar-refractivity contribution in [1.82, 2.24) is 5.32 Å². The Labute approximate surface area is 206 Å². The van der Waals surface area contributed by atoms with Crippen molar-refractivity contribution in [2.24, 2.45) is 0 Å². The van der Waals surface area contributed by atoms with Crippen molar-refractivity contribution in [1.29, 1.82) is 0 Å². The number of alkyl halides is 3. The topological polar surface area (TPSA) is 41.1 Å². The lowest BCUT2D eigenvalue weighted by atomic mass is 10.0. The molecule has 0 fully saturated rings. The molecule has 1 atom stereocenters. The van der Waals surface area contributed by atoms with Crippen molar-refractivity contribution in [2.45, 2.75) is 100 Å². The molecule has 172 valence electrons. The summed E-state index contributed by atoms with van der Waals surface area (Å²) in [6.07, 6.45) is 14.8. The number of rotatable bonds is 16. The second kappa shape index (κ2) is 16.5. The molecule has 0 saturated carbocycles. The molecule has 0 aromatic heterocycles. The van der Waals surface area contributed by atoms with Crippen LogP contribution in [0.15, 0.2) is 28.7 Å². The summed E-state index contributed by atoms with van der Waals surface area (Å²) in [6.45, 7) is 2.25. The number of hydrogen-bond acceptors (Lipinski definition) is 2. The van der Waals surface area contributed by atoms with Crippen LogP contribution in [0.5, 0.6) is 0 Å². The number of carbonyl (C=O) groups excluding carboxylic acids is 1. The van der Waals surface area contributed by atoms with Crippen LogP contribution in [0.4, 0.5) is 5.69 Å². The van der Waals surface area contributed by atoms with Crippen LogP contribution in [0.25, 0.3) is 0 Å². The third-order valence-corrected chi connectivity index (χ3v) is 6.23. The standard InChI is InChI=1S/C23H36BrCl3N2O/c1-2-3-4-5-6-7-8-9-10-11-12-13-14-21(30)29-22(23(25,26)27)28-20-17-15-19(24)16-18-20/h15-18,22,28H,2-14H2,1H3,(H,29,30). The highest BCUT2D eigenvalue weighted by Crippen LogP contribution is 2.31. The van der Waals surface area contributed by atoms with Crippen LogP contribution >= 0.6 is 50.7 Å². The zero-order chi connectivity index (χ0) is 22.2. The number of hydrogen-bond donors (Lipinski definition) is 2. The molecule has 7 heteroatoms. The minimum Gasteiger partial charge on any atom is -0.362 e. The summed E-state index contributed by atoms with van der Waals surface area (Å²) in [7, 11) is 0. The number of carbonyl (C=O) groups is 1. The van der Waals surface area contributed by atoms with Gasteiger partial charge in [-0.25, -0.2) is 0 Å². The van der Waals surface area contributed by atoms with Gasteiger partial charge >= 0.3 is 0 Å². The molecule has 1 unspecified atom stereocenters. The summed E-state index contributed by atoms with van der Waals surface area (Å²) in [6, 6.07) is 7.47. The average Bonchev–Trinajstić information content (AvgIpc) is 2.69. The van der Waals surface area contributed by atoms with Crippen molar-refractivity contribution < 1.29 is 4.79 Å². The molecular weight excluding hydrogens is 507 g/mol. The number of amides is 1. The SMILES string of the molecule is CCCCCCCCCCCCCCC(=O)NC(Nc1ccc(Br)cc1)C(Cl)(Cl)Cl. The van der Waals surface area contributed by atoms with Crippen molar-refractivity contribution in [3.05, 3.63) is 28.7 Å². The van der Waals surface area contributed by atoms with Crippen LogP contribution in [0.3, 0.4) is 0 Å². The van der Waals surface area contributed by atoms with E-state index in [0.29, 0.717) is 6.42 Å². The zero-order valence-electron chi connectivity index (χ0n) is 18.0. The predicted molar refractivity (Wildman–Crippen MR) is 136 cm³/mol. The third kappa shape index (κ3) is 14.0. The Morgan fingerprint density at radius 3 is 1.80 bits per heavy atom. The van der Waals surface area contributed by atoms with Gasteiger partial charge in [-0.05, 0) is 30.7 Å². The van der Waals surface area contributed by atoms with Gasteiger partial charge in [0.25, 0.3) is 0 Å². The maximum Gasteiger partial charge on any atom is 0.228 e. The molecule has 1 aromatic carbocycles. The molecule has 0 saturated heterocycles. The van der Waals surface area contributed by atoms with Crippen LogP contribution in [0.1, 0.15) is 90.4 Å². The van der Waals surface area contributed by atoms with Crippen LogP contribution < -0.4 is 10.6 Å². The first-order chi connectivity index (χ1) is 14.3. The number of halogens is 4. The maximum absolute atomic E-state index is 12.3. The molecule has 1 rings (SSSR count). The van der Waals surface area contributed by atoms with E-state index in [1.807, 2.05) is 24.3 Å². The zero-order valence-corrected chi connectivity index (χ0v) is 21.9. The van der Waals surface area contributed by atoms with E-state index in [-0.39, 0.29) is 5.91 Å². The Morgan fingerprint density at radius 2 is 1.33 bits per heavy atom. The molecule has 2 N–H and O–H groups in total. The highest BCUT2D eigenvalue weighted by Gasteiger charge is 2.33. The molecule has 0 aliphatic carbocycles. The summed E-state index contributed by atoms with van der Waals surface area (Å²) >= 11 is 21.5. The Bertz CT molecular complexity index is 579. The average molecular weight is 543 g/mol. The normalized spacial score (nSPS) is 12.6. The molecular formula is C23H36BrCl3N2O. The molecule has 30 heavy (non-hydrogen) atoms. The van der Waals surface area contributed by atoms with E-state index in [1.54, 1.807) is 0 Å². The molecule has 3 nitrogen and oxygen atoms in total. The lowest BCUT2D eigenvalue weighted by Crippen LogP contribution is -2.49. The fourth-order valence-electron chi connectivity index (χ4n) is 3.27. The van der Waals surface area contributed by atoms with Gasteiger partial charge in [0.15, 0.2) is 0 Å². The minimum atomic E-state index is -1.65. The van der Waals surface area contributed by atoms with Gasteiger partial charge in [0.05, 0.1) is 0 Å². The second-order valence-corrected chi connectivity index (χ2v) is 11.1. The van der Waals surface area contributed by atoms with Crippen LogP contribution in [0.2, 0.25) is 0 Å². The number of nitrogens with one attached hydrogen (secondary N) is 2. The number of anilines is 1. The van der Waals surface area contributed by atoms with Gasteiger partial charge in [-0.1, -0.05) is 128 Å². The fraction of sp³-hybridized carbons (Fsp3) is 0.696. The first-order valence-electron chi connectivity index (χ1n) is 11.2. The van der Waals surface area contributed by atoms with Gasteiger partial charge in [0, 0.05) is 16.6 Å². The van der Waals surface area contributed by atoms with Crippen LogP contribution in [0, 0.1) is 0 Å². The van der Waals surface area contributed by atoms with Gasteiger partial charge in [-0.3, -0.25) is 4.79 Å². The quantitative estimate of drug-likeness (QED) is 0.125. The van der Waals surface area contributed by atoms with Gasteiger partial charge in [0.1, 0.15) is 6.17 Å². The smallest absolute Gasteiger partial charge is 0.228 e. The van der Waals surface area contributed by atoms with Crippen LogP contribution in [-0.2, 0) is 4.79 Å². The van der Waals surface area contributed by atoms with E-state index in [0.717, 1.165) is 23.0 Å².